The fourth-order valence-electron chi connectivity index (χ4n) is 5.27. The van der Waals surface area contributed by atoms with Crippen molar-refractivity contribution in [3.05, 3.63) is 35.5 Å². The van der Waals surface area contributed by atoms with Crippen LogP contribution in [0.1, 0.15) is 71.8 Å². The van der Waals surface area contributed by atoms with Gasteiger partial charge in [-0.1, -0.05) is 37.8 Å². The Kier molecular flexibility index (Phi) is 6.89. The minimum absolute atomic E-state index is 0.00384. The number of hydrogen-bond acceptors (Lipinski definition) is 5. The lowest BCUT2D eigenvalue weighted by molar-refractivity contribution is -0.141. The molecule has 0 bridgehead atoms. The second kappa shape index (κ2) is 9.65. The van der Waals surface area contributed by atoms with Gasteiger partial charge in [0.25, 0.3) is 11.8 Å². The van der Waals surface area contributed by atoms with E-state index in [9.17, 15) is 9.59 Å². The van der Waals surface area contributed by atoms with Gasteiger partial charge < -0.3 is 14.4 Å². The average Bonchev–Trinajstić information content (AvgIpc) is 2.89. The van der Waals surface area contributed by atoms with E-state index < -0.39 is 0 Å². The molecule has 32 heavy (non-hydrogen) atoms. The number of carbonyl (C=O) groups is 2. The zero-order valence-electron chi connectivity index (χ0n) is 19.8. The number of imide groups is 1. The van der Waals surface area contributed by atoms with E-state index in [0.29, 0.717) is 24.4 Å². The first kappa shape index (κ1) is 22.8. The van der Waals surface area contributed by atoms with E-state index in [1.807, 2.05) is 52.0 Å². The summed E-state index contributed by atoms with van der Waals surface area (Å²) in [6.07, 6.45) is 6.37. The van der Waals surface area contributed by atoms with Crippen LogP contribution in [-0.4, -0.2) is 59.1 Å². The van der Waals surface area contributed by atoms with Crippen LogP contribution in [0.4, 0.5) is 0 Å². The highest BCUT2D eigenvalue weighted by molar-refractivity contribution is 6.35. The molecule has 2 heterocycles. The molecule has 1 aromatic rings. The van der Waals surface area contributed by atoms with Crippen LogP contribution in [0.2, 0.25) is 0 Å². The maximum Gasteiger partial charge on any atom is 0.278 e. The summed E-state index contributed by atoms with van der Waals surface area (Å²) < 4.78 is 11.7. The van der Waals surface area contributed by atoms with Gasteiger partial charge in [-0.3, -0.25) is 14.5 Å². The van der Waals surface area contributed by atoms with Crippen molar-refractivity contribution in [2.75, 3.05) is 13.1 Å². The third kappa shape index (κ3) is 4.70. The quantitative estimate of drug-likeness (QED) is 0.502. The lowest BCUT2D eigenvalue weighted by Gasteiger charge is -2.37. The molecule has 174 valence electrons. The molecular weight excluding hydrogens is 404 g/mol. The van der Waals surface area contributed by atoms with Crippen molar-refractivity contribution in [2.45, 2.75) is 90.6 Å². The molecule has 1 saturated heterocycles. The van der Waals surface area contributed by atoms with Gasteiger partial charge in [0, 0.05) is 19.1 Å². The van der Waals surface area contributed by atoms with Crippen molar-refractivity contribution in [2.24, 2.45) is 0 Å². The van der Waals surface area contributed by atoms with Crippen LogP contribution < -0.4 is 4.74 Å². The van der Waals surface area contributed by atoms with E-state index in [1.165, 1.54) is 12.8 Å². The van der Waals surface area contributed by atoms with E-state index >= 15 is 0 Å². The van der Waals surface area contributed by atoms with Crippen LogP contribution in [0.25, 0.3) is 5.57 Å². The zero-order valence-corrected chi connectivity index (χ0v) is 19.8. The number of hydrogen-bond donors (Lipinski definition) is 0. The van der Waals surface area contributed by atoms with Gasteiger partial charge in [0.15, 0.2) is 0 Å². The Morgan fingerprint density at radius 3 is 2.06 bits per heavy atom. The zero-order chi connectivity index (χ0) is 22.8. The summed E-state index contributed by atoms with van der Waals surface area (Å²) in [4.78, 5) is 31.2. The third-order valence-corrected chi connectivity index (χ3v) is 6.53. The highest BCUT2D eigenvalue weighted by Crippen LogP contribution is 2.37. The first-order chi connectivity index (χ1) is 15.3. The summed E-state index contributed by atoms with van der Waals surface area (Å²) in [5.41, 5.74) is 1.84. The summed E-state index contributed by atoms with van der Waals surface area (Å²) in [5.74, 6) is 0.471. The molecular formula is C26H36N2O4. The Morgan fingerprint density at radius 2 is 1.50 bits per heavy atom. The molecule has 0 spiro atoms. The summed E-state index contributed by atoms with van der Waals surface area (Å²) in [6, 6.07) is 7.57. The van der Waals surface area contributed by atoms with Crippen LogP contribution in [0.3, 0.4) is 0 Å². The van der Waals surface area contributed by atoms with Crippen LogP contribution in [0.15, 0.2) is 30.0 Å². The van der Waals surface area contributed by atoms with Crippen molar-refractivity contribution in [3.8, 4) is 5.75 Å². The molecule has 3 aliphatic rings. The topological polar surface area (TPSA) is 59.1 Å². The summed E-state index contributed by atoms with van der Waals surface area (Å²) in [6.45, 7) is 9.22. The lowest BCUT2D eigenvalue weighted by atomic mass is 10.0. The molecule has 1 aliphatic carbocycles. The predicted octanol–water partition coefficient (Wildman–Crippen LogP) is 4.39. The van der Waals surface area contributed by atoms with Gasteiger partial charge in [-0.15, -0.1) is 0 Å². The fourth-order valence-corrected chi connectivity index (χ4v) is 5.27. The Hall–Kier alpha value is -2.34. The molecule has 6 nitrogen and oxygen atoms in total. The lowest BCUT2D eigenvalue weighted by Crippen LogP contribution is -2.48. The van der Waals surface area contributed by atoms with Gasteiger partial charge >= 0.3 is 0 Å². The predicted molar refractivity (Wildman–Crippen MR) is 124 cm³/mol. The van der Waals surface area contributed by atoms with Gasteiger partial charge in [-0.25, -0.2) is 0 Å². The molecule has 2 fully saturated rings. The van der Waals surface area contributed by atoms with E-state index in [1.54, 1.807) is 4.90 Å². The van der Waals surface area contributed by atoms with Crippen molar-refractivity contribution >= 4 is 17.4 Å². The van der Waals surface area contributed by atoms with E-state index in [-0.39, 0.29) is 36.2 Å². The second-order valence-electron chi connectivity index (χ2n) is 9.70. The standard InChI is InChI=1S/C26H36N2O4/c1-17(2)31-22-13-11-20(12-14-22)23-24(27-15-18(3)32-19(4)16-27)26(30)28(25(23)29)21-9-7-5-6-8-10-21/h11-14,17-19,21H,5-10,15-16H2,1-4H3. The molecule has 1 aromatic carbocycles. The second-order valence-corrected chi connectivity index (χ2v) is 9.70. The van der Waals surface area contributed by atoms with Crippen molar-refractivity contribution < 1.29 is 19.1 Å². The number of nitrogens with zero attached hydrogens (tertiary/aromatic N) is 2. The van der Waals surface area contributed by atoms with Crippen LogP contribution in [-0.2, 0) is 14.3 Å². The van der Waals surface area contributed by atoms with Gasteiger partial charge in [0.2, 0.25) is 0 Å². The number of benzene rings is 1. The largest absolute Gasteiger partial charge is 0.491 e. The van der Waals surface area contributed by atoms with Crippen molar-refractivity contribution in [1.82, 2.24) is 9.80 Å². The van der Waals surface area contributed by atoms with Crippen molar-refractivity contribution in [3.63, 3.8) is 0 Å². The minimum atomic E-state index is -0.152. The van der Waals surface area contributed by atoms with E-state index in [2.05, 4.69) is 4.90 Å². The van der Waals surface area contributed by atoms with E-state index in [4.69, 9.17) is 9.47 Å². The molecule has 4 rings (SSSR count). The molecule has 2 unspecified atom stereocenters. The highest BCUT2D eigenvalue weighted by Gasteiger charge is 2.45. The maximum absolute atomic E-state index is 13.8. The Balaban J connectivity index is 1.72. The summed E-state index contributed by atoms with van der Waals surface area (Å²) >= 11 is 0. The molecule has 0 N–H and O–H groups in total. The van der Waals surface area contributed by atoms with Gasteiger partial charge in [0.05, 0.1) is 23.9 Å². The third-order valence-electron chi connectivity index (χ3n) is 6.53. The molecule has 2 amide bonds. The Bertz CT molecular complexity index is 858. The number of rotatable bonds is 5. The summed E-state index contributed by atoms with van der Waals surface area (Å²) in [7, 11) is 0. The van der Waals surface area contributed by atoms with Gasteiger partial charge in [0.1, 0.15) is 11.4 Å². The number of morpholine rings is 1. The van der Waals surface area contributed by atoms with Crippen LogP contribution >= 0.6 is 0 Å². The number of carbonyl (C=O) groups excluding carboxylic acids is 2. The number of amides is 2. The molecule has 0 aromatic heterocycles. The Morgan fingerprint density at radius 1 is 0.906 bits per heavy atom. The minimum Gasteiger partial charge on any atom is -0.491 e. The van der Waals surface area contributed by atoms with Crippen LogP contribution in [0.5, 0.6) is 5.75 Å². The molecule has 2 aliphatic heterocycles. The smallest absolute Gasteiger partial charge is 0.278 e. The van der Waals surface area contributed by atoms with Crippen molar-refractivity contribution in [1.29, 1.82) is 0 Å². The molecule has 6 heteroatoms. The highest BCUT2D eigenvalue weighted by atomic mass is 16.5. The Labute approximate surface area is 191 Å². The number of ether oxygens (including phenoxy) is 2. The summed E-state index contributed by atoms with van der Waals surface area (Å²) in [5, 5.41) is 0. The first-order valence-electron chi connectivity index (χ1n) is 12.1. The maximum atomic E-state index is 13.8. The molecule has 1 saturated carbocycles. The van der Waals surface area contributed by atoms with Gasteiger partial charge in [-0.05, 0) is 58.2 Å². The normalized spacial score (nSPS) is 25.7. The monoisotopic (exact) mass is 440 g/mol. The average molecular weight is 441 g/mol. The van der Waals surface area contributed by atoms with Gasteiger partial charge in [-0.2, -0.15) is 0 Å². The van der Waals surface area contributed by atoms with Crippen LogP contribution in [0, 0.1) is 0 Å². The van der Waals surface area contributed by atoms with E-state index in [0.717, 1.165) is 37.0 Å². The SMILES string of the molecule is CC(C)Oc1ccc(C2=C(N3CC(C)OC(C)C3)C(=O)N(C3CCCCCC3)C2=O)cc1. The molecule has 2 atom stereocenters. The molecule has 0 radical (unpaired) electrons. The first-order valence-corrected chi connectivity index (χ1v) is 12.1. The fraction of sp³-hybridized carbons (Fsp3) is 0.615.